The van der Waals surface area contributed by atoms with Gasteiger partial charge < -0.3 is 15.0 Å². The molecule has 2 saturated heterocycles. The first-order valence-electron chi connectivity index (χ1n) is 7.00. The lowest BCUT2D eigenvalue weighted by Gasteiger charge is -2.27. The van der Waals surface area contributed by atoms with E-state index < -0.39 is 0 Å². The van der Waals surface area contributed by atoms with Crippen molar-refractivity contribution in [2.24, 2.45) is 0 Å². The van der Waals surface area contributed by atoms with E-state index in [9.17, 15) is 4.79 Å². The molecule has 2 fully saturated rings. The molecule has 1 aromatic rings. The average Bonchev–Trinajstić information content (AvgIpc) is 2.98. The van der Waals surface area contributed by atoms with Crippen molar-refractivity contribution in [3.63, 3.8) is 0 Å². The Morgan fingerprint density at radius 2 is 2.10 bits per heavy atom. The highest BCUT2D eigenvalue weighted by atomic mass is 35.5. The molecule has 3 rings (SSSR count). The molecule has 4 nitrogen and oxygen atoms in total. The number of ether oxygens (including phenoxy) is 1. The number of rotatable bonds is 2. The van der Waals surface area contributed by atoms with Gasteiger partial charge in [0, 0.05) is 32.1 Å². The van der Waals surface area contributed by atoms with E-state index in [0.717, 1.165) is 26.1 Å². The van der Waals surface area contributed by atoms with Crippen LogP contribution in [0, 0.1) is 0 Å². The van der Waals surface area contributed by atoms with Crippen molar-refractivity contribution in [3.8, 4) is 0 Å². The Bertz CT molecular complexity index is 435. The van der Waals surface area contributed by atoms with Gasteiger partial charge in [-0.2, -0.15) is 0 Å². The molecule has 110 valence electrons. The van der Waals surface area contributed by atoms with Crippen molar-refractivity contribution in [2.75, 3.05) is 32.8 Å². The second-order valence-corrected chi connectivity index (χ2v) is 5.24. The monoisotopic (exact) mass is 296 g/mol. The van der Waals surface area contributed by atoms with Gasteiger partial charge in [-0.05, 0) is 12.0 Å². The number of morpholine rings is 1. The lowest BCUT2D eigenvalue weighted by Crippen LogP contribution is -2.48. The SMILES string of the molecule is Cl.O=C(C1CNCCO1)N1CCC(c2ccccc2)C1. The highest BCUT2D eigenvalue weighted by Crippen LogP contribution is 2.27. The molecule has 1 N–H and O–H groups in total. The van der Waals surface area contributed by atoms with E-state index in [1.165, 1.54) is 5.56 Å². The molecule has 2 aliphatic heterocycles. The number of nitrogens with zero attached hydrogens (tertiary/aromatic N) is 1. The summed E-state index contributed by atoms with van der Waals surface area (Å²) in [6.45, 7) is 3.79. The molecular formula is C15H21ClN2O2. The molecule has 0 bridgehead atoms. The Morgan fingerprint density at radius 3 is 2.80 bits per heavy atom. The van der Waals surface area contributed by atoms with Crippen LogP contribution >= 0.6 is 12.4 Å². The molecule has 2 aliphatic rings. The summed E-state index contributed by atoms with van der Waals surface area (Å²) in [7, 11) is 0. The van der Waals surface area contributed by atoms with Crippen molar-refractivity contribution in [1.29, 1.82) is 0 Å². The third-order valence-electron chi connectivity index (χ3n) is 3.97. The van der Waals surface area contributed by atoms with Gasteiger partial charge >= 0.3 is 0 Å². The van der Waals surface area contributed by atoms with Crippen molar-refractivity contribution in [1.82, 2.24) is 10.2 Å². The number of amides is 1. The summed E-state index contributed by atoms with van der Waals surface area (Å²) in [6, 6.07) is 10.5. The van der Waals surface area contributed by atoms with Crippen LogP contribution in [0.2, 0.25) is 0 Å². The fraction of sp³-hybridized carbons (Fsp3) is 0.533. The van der Waals surface area contributed by atoms with Crippen LogP contribution in [0.25, 0.3) is 0 Å². The van der Waals surface area contributed by atoms with Gasteiger partial charge in [-0.15, -0.1) is 12.4 Å². The minimum Gasteiger partial charge on any atom is -0.366 e. The maximum Gasteiger partial charge on any atom is 0.253 e. The minimum atomic E-state index is -0.289. The first kappa shape index (κ1) is 15.3. The highest BCUT2D eigenvalue weighted by molar-refractivity contribution is 5.85. The van der Waals surface area contributed by atoms with Crippen molar-refractivity contribution in [3.05, 3.63) is 35.9 Å². The van der Waals surface area contributed by atoms with E-state index in [0.29, 0.717) is 19.1 Å². The van der Waals surface area contributed by atoms with Crippen molar-refractivity contribution < 1.29 is 9.53 Å². The number of halogens is 1. The van der Waals surface area contributed by atoms with Gasteiger partial charge in [0.2, 0.25) is 0 Å². The Hall–Kier alpha value is -1.10. The molecule has 5 heteroatoms. The Morgan fingerprint density at radius 1 is 1.30 bits per heavy atom. The van der Waals surface area contributed by atoms with Gasteiger partial charge in [0.15, 0.2) is 0 Å². The molecule has 0 saturated carbocycles. The standard InChI is InChI=1S/C15H20N2O2.ClH/c18-15(14-10-16-7-9-19-14)17-8-6-13(11-17)12-4-2-1-3-5-12;/h1-5,13-14,16H,6-11H2;1H. The van der Waals surface area contributed by atoms with E-state index in [1.807, 2.05) is 11.0 Å². The van der Waals surface area contributed by atoms with Crippen molar-refractivity contribution >= 4 is 18.3 Å². The summed E-state index contributed by atoms with van der Waals surface area (Å²) >= 11 is 0. The topological polar surface area (TPSA) is 41.6 Å². The van der Waals surface area contributed by atoms with Gasteiger partial charge in [0.1, 0.15) is 6.10 Å². The van der Waals surface area contributed by atoms with Crippen LogP contribution in [0.1, 0.15) is 17.9 Å². The molecule has 1 aromatic carbocycles. The molecule has 20 heavy (non-hydrogen) atoms. The summed E-state index contributed by atoms with van der Waals surface area (Å²) in [4.78, 5) is 14.3. The molecule has 0 spiro atoms. The minimum absolute atomic E-state index is 0. The summed E-state index contributed by atoms with van der Waals surface area (Å²) < 4.78 is 5.54. The molecule has 0 aromatic heterocycles. The van der Waals surface area contributed by atoms with Crippen LogP contribution < -0.4 is 5.32 Å². The predicted octanol–water partition coefficient (Wildman–Crippen LogP) is 1.41. The molecule has 2 unspecified atom stereocenters. The predicted molar refractivity (Wildman–Crippen MR) is 80.2 cm³/mol. The number of carbonyl (C=O) groups excluding carboxylic acids is 1. The number of nitrogens with one attached hydrogen (secondary N) is 1. The largest absolute Gasteiger partial charge is 0.366 e. The third-order valence-corrected chi connectivity index (χ3v) is 3.97. The first-order valence-corrected chi connectivity index (χ1v) is 7.00. The van der Waals surface area contributed by atoms with Crippen LogP contribution in [0.15, 0.2) is 30.3 Å². The van der Waals surface area contributed by atoms with E-state index in [-0.39, 0.29) is 24.4 Å². The molecule has 1 amide bonds. The van der Waals surface area contributed by atoms with Crippen LogP contribution in [-0.4, -0.2) is 49.7 Å². The Balaban J connectivity index is 0.00000147. The average molecular weight is 297 g/mol. The van der Waals surface area contributed by atoms with Gasteiger partial charge in [-0.3, -0.25) is 4.79 Å². The lowest BCUT2D eigenvalue weighted by molar-refractivity contribution is -0.144. The third kappa shape index (κ3) is 3.32. The zero-order valence-corrected chi connectivity index (χ0v) is 12.3. The lowest BCUT2D eigenvalue weighted by atomic mass is 9.99. The first-order chi connectivity index (χ1) is 9.34. The second-order valence-electron chi connectivity index (χ2n) is 5.24. The van der Waals surface area contributed by atoms with Gasteiger partial charge in [0.25, 0.3) is 5.91 Å². The normalized spacial score (nSPS) is 26.1. The maximum atomic E-state index is 12.3. The summed E-state index contributed by atoms with van der Waals surface area (Å²) in [5, 5.41) is 3.21. The number of hydrogen-bond acceptors (Lipinski definition) is 3. The molecule has 0 aliphatic carbocycles. The summed E-state index contributed by atoms with van der Waals surface area (Å²) in [5.41, 5.74) is 1.33. The summed E-state index contributed by atoms with van der Waals surface area (Å²) in [5.74, 6) is 0.618. The Kier molecular flexibility index (Phi) is 5.40. The number of benzene rings is 1. The van der Waals surface area contributed by atoms with Crippen LogP contribution in [-0.2, 0) is 9.53 Å². The van der Waals surface area contributed by atoms with Gasteiger partial charge in [0.05, 0.1) is 6.61 Å². The second kappa shape index (κ2) is 7.07. The fourth-order valence-electron chi connectivity index (χ4n) is 2.89. The van der Waals surface area contributed by atoms with E-state index in [1.54, 1.807) is 0 Å². The van der Waals surface area contributed by atoms with E-state index in [4.69, 9.17) is 4.74 Å². The molecule has 2 heterocycles. The molecule has 2 atom stereocenters. The zero-order chi connectivity index (χ0) is 13.1. The fourth-order valence-corrected chi connectivity index (χ4v) is 2.89. The van der Waals surface area contributed by atoms with Crippen LogP contribution in [0.4, 0.5) is 0 Å². The van der Waals surface area contributed by atoms with Crippen LogP contribution in [0.5, 0.6) is 0 Å². The number of carbonyl (C=O) groups is 1. The van der Waals surface area contributed by atoms with E-state index in [2.05, 4.69) is 29.6 Å². The maximum absolute atomic E-state index is 12.3. The highest BCUT2D eigenvalue weighted by Gasteiger charge is 2.32. The van der Waals surface area contributed by atoms with Crippen LogP contribution in [0.3, 0.4) is 0 Å². The van der Waals surface area contributed by atoms with Crippen molar-refractivity contribution in [2.45, 2.75) is 18.4 Å². The Labute approximate surface area is 125 Å². The van der Waals surface area contributed by atoms with E-state index >= 15 is 0 Å². The number of likely N-dealkylation sites (tertiary alicyclic amines) is 1. The smallest absolute Gasteiger partial charge is 0.253 e. The van der Waals surface area contributed by atoms with Gasteiger partial charge in [-0.1, -0.05) is 30.3 Å². The molecular weight excluding hydrogens is 276 g/mol. The molecule has 0 radical (unpaired) electrons. The van der Waals surface area contributed by atoms with Gasteiger partial charge in [-0.25, -0.2) is 0 Å². The quantitative estimate of drug-likeness (QED) is 0.897. The summed E-state index contributed by atoms with van der Waals surface area (Å²) in [6.07, 6.45) is 0.763. The zero-order valence-electron chi connectivity index (χ0n) is 11.5. The number of hydrogen-bond donors (Lipinski definition) is 1.